The number of aromatic nitrogens is 3. The molecule has 1 aromatic heterocycles. The van der Waals surface area contributed by atoms with Crippen LogP contribution in [0.1, 0.15) is 22.8 Å². The van der Waals surface area contributed by atoms with Crippen molar-refractivity contribution in [3.8, 4) is 5.69 Å². The molecular weight excluding hydrogens is 399 g/mol. The fourth-order valence-corrected chi connectivity index (χ4v) is 3.35. The SMILES string of the molecule is OCC(O)COCc1nnc2n1-c1ccc(Cl)cc1C(c1ccccc1F)=NC2. The minimum atomic E-state index is -0.969. The average Bonchev–Trinajstić information content (AvgIpc) is 3.04. The van der Waals surface area contributed by atoms with Crippen molar-refractivity contribution in [2.45, 2.75) is 19.3 Å². The Bertz CT molecular complexity index is 1070. The number of benzene rings is 2. The van der Waals surface area contributed by atoms with Crippen molar-refractivity contribution in [2.75, 3.05) is 13.2 Å². The molecular formula is C20H18ClFN4O3. The van der Waals surface area contributed by atoms with Crippen molar-refractivity contribution in [3.63, 3.8) is 0 Å². The summed E-state index contributed by atoms with van der Waals surface area (Å²) >= 11 is 6.23. The molecule has 0 radical (unpaired) electrons. The summed E-state index contributed by atoms with van der Waals surface area (Å²) in [5, 5.41) is 27.2. The third kappa shape index (κ3) is 3.92. The molecule has 29 heavy (non-hydrogen) atoms. The molecule has 1 unspecified atom stereocenters. The third-order valence-electron chi connectivity index (χ3n) is 4.51. The summed E-state index contributed by atoms with van der Waals surface area (Å²) in [5.74, 6) is 0.691. The second-order valence-electron chi connectivity index (χ2n) is 6.53. The molecule has 1 aliphatic rings. The minimum Gasteiger partial charge on any atom is -0.394 e. The smallest absolute Gasteiger partial charge is 0.163 e. The van der Waals surface area contributed by atoms with Gasteiger partial charge in [0.2, 0.25) is 0 Å². The van der Waals surface area contributed by atoms with Gasteiger partial charge in [0.1, 0.15) is 25.1 Å². The number of ether oxygens (including phenoxy) is 1. The number of aliphatic imine (C=N–C) groups is 1. The molecule has 1 atom stereocenters. The molecule has 0 bridgehead atoms. The van der Waals surface area contributed by atoms with E-state index in [-0.39, 0.29) is 32.2 Å². The summed E-state index contributed by atoms with van der Waals surface area (Å²) in [7, 11) is 0. The largest absolute Gasteiger partial charge is 0.394 e. The van der Waals surface area contributed by atoms with Gasteiger partial charge >= 0.3 is 0 Å². The molecule has 0 aliphatic carbocycles. The molecule has 150 valence electrons. The van der Waals surface area contributed by atoms with Crippen LogP contribution in [0.2, 0.25) is 5.02 Å². The lowest BCUT2D eigenvalue weighted by Gasteiger charge is -2.15. The van der Waals surface area contributed by atoms with Crippen molar-refractivity contribution in [1.29, 1.82) is 0 Å². The van der Waals surface area contributed by atoms with Crippen molar-refractivity contribution in [1.82, 2.24) is 14.8 Å². The Labute approximate surface area is 171 Å². The highest BCUT2D eigenvalue weighted by Crippen LogP contribution is 2.29. The van der Waals surface area contributed by atoms with Crippen LogP contribution in [0.15, 0.2) is 47.5 Å². The van der Waals surface area contributed by atoms with Crippen molar-refractivity contribution in [3.05, 3.63) is 76.1 Å². The molecule has 4 rings (SSSR count). The molecule has 1 aliphatic heterocycles. The minimum absolute atomic E-state index is 0.0385. The lowest BCUT2D eigenvalue weighted by molar-refractivity contribution is -0.00212. The summed E-state index contributed by atoms with van der Waals surface area (Å²) < 4.78 is 21.7. The number of hydrogen-bond acceptors (Lipinski definition) is 6. The van der Waals surface area contributed by atoms with Crippen LogP contribution in [-0.4, -0.2) is 50.0 Å². The highest BCUT2D eigenvalue weighted by Gasteiger charge is 2.24. The molecule has 2 aromatic carbocycles. The van der Waals surface area contributed by atoms with Gasteiger partial charge in [-0.15, -0.1) is 10.2 Å². The Kier molecular flexibility index (Phi) is 5.68. The number of rotatable bonds is 6. The standard InChI is InChI=1S/C20H18ClFN4O3/c21-12-5-6-17-15(7-12)20(14-3-1-2-4-16(14)22)23-8-18-24-25-19(26(17)18)11-29-10-13(28)9-27/h1-7,13,27-28H,8-11H2. The summed E-state index contributed by atoms with van der Waals surface area (Å²) in [4.78, 5) is 4.59. The van der Waals surface area contributed by atoms with E-state index in [1.54, 1.807) is 41.0 Å². The first-order valence-electron chi connectivity index (χ1n) is 8.98. The van der Waals surface area contributed by atoms with Gasteiger partial charge in [0, 0.05) is 16.1 Å². The first kappa shape index (κ1) is 19.7. The normalized spacial score (nSPS) is 14.0. The average molecular weight is 417 g/mol. The van der Waals surface area contributed by atoms with E-state index in [9.17, 15) is 9.50 Å². The number of hydrogen-bond donors (Lipinski definition) is 2. The van der Waals surface area contributed by atoms with Crippen LogP contribution in [0.4, 0.5) is 4.39 Å². The van der Waals surface area contributed by atoms with Gasteiger partial charge in [0.05, 0.1) is 24.6 Å². The zero-order valence-corrected chi connectivity index (χ0v) is 16.1. The fourth-order valence-electron chi connectivity index (χ4n) is 3.18. The van der Waals surface area contributed by atoms with Gasteiger partial charge in [-0.1, -0.05) is 23.7 Å². The van der Waals surface area contributed by atoms with Gasteiger partial charge in [-0.05, 0) is 30.3 Å². The van der Waals surface area contributed by atoms with Crippen molar-refractivity contribution in [2.24, 2.45) is 4.99 Å². The molecule has 0 spiro atoms. The molecule has 7 nitrogen and oxygen atoms in total. The van der Waals surface area contributed by atoms with E-state index in [4.69, 9.17) is 21.4 Å². The number of nitrogens with zero attached hydrogens (tertiary/aromatic N) is 4. The highest BCUT2D eigenvalue weighted by molar-refractivity contribution is 6.31. The predicted octanol–water partition coefficient (Wildman–Crippen LogP) is 2.28. The van der Waals surface area contributed by atoms with Gasteiger partial charge < -0.3 is 14.9 Å². The third-order valence-corrected chi connectivity index (χ3v) is 4.75. The summed E-state index contributed by atoms with van der Waals surface area (Å²) in [6.45, 7) is -0.161. The van der Waals surface area contributed by atoms with E-state index in [2.05, 4.69) is 15.2 Å². The zero-order valence-electron chi connectivity index (χ0n) is 15.3. The van der Waals surface area contributed by atoms with Crippen LogP contribution < -0.4 is 0 Å². The number of fused-ring (bicyclic) bond motifs is 3. The summed E-state index contributed by atoms with van der Waals surface area (Å²) in [6, 6.07) is 11.7. The Morgan fingerprint density at radius 1 is 1.17 bits per heavy atom. The molecule has 3 aromatic rings. The number of halogens is 2. The van der Waals surface area contributed by atoms with E-state index in [0.717, 1.165) is 0 Å². The highest BCUT2D eigenvalue weighted by atomic mass is 35.5. The number of aliphatic hydroxyl groups excluding tert-OH is 2. The number of aliphatic hydroxyl groups is 2. The molecule has 9 heteroatoms. The topological polar surface area (TPSA) is 92.8 Å². The van der Waals surface area contributed by atoms with Crippen LogP contribution in [0.3, 0.4) is 0 Å². The lowest BCUT2D eigenvalue weighted by Crippen LogP contribution is -2.20. The van der Waals surface area contributed by atoms with Gasteiger partial charge in [-0.2, -0.15) is 0 Å². The van der Waals surface area contributed by atoms with Gasteiger partial charge in [-0.3, -0.25) is 9.56 Å². The van der Waals surface area contributed by atoms with Gasteiger partial charge in [0.15, 0.2) is 11.6 Å². The maximum absolute atomic E-state index is 14.5. The van der Waals surface area contributed by atoms with Gasteiger partial charge in [-0.25, -0.2) is 4.39 Å². The first-order chi connectivity index (χ1) is 14.1. The molecule has 0 fully saturated rings. The Morgan fingerprint density at radius 2 is 2.00 bits per heavy atom. The van der Waals surface area contributed by atoms with E-state index < -0.39 is 6.10 Å². The van der Waals surface area contributed by atoms with E-state index >= 15 is 0 Å². The maximum atomic E-state index is 14.5. The van der Waals surface area contributed by atoms with Crippen LogP contribution in [0.5, 0.6) is 0 Å². The Balaban J connectivity index is 1.77. The molecule has 2 heterocycles. The van der Waals surface area contributed by atoms with Crippen LogP contribution in [0.25, 0.3) is 5.69 Å². The van der Waals surface area contributed by atoms with Crippen molar-refractivity contribution < 1.29 is 19.3 Å². The van der Waals surface area contributed by atoms with E-state index in [0.29, 0.717) is 39.2 Å². The monoisotopic (exact) mass is 416 g/mol. The van der Waals surface area contributed by atoms with Crippen LogP contribution in [0, 0.1) is 5.82 Å². The molecule has 2 N–H and O–H groups in total. The Hall–Kier alpha value is -2.65. The first-order valence-corrected chi connectivity index (χ1v) is 9.35. The van der Waals surface area contributed by atoms with Crippen LogP contribution >= 0.6 is 11.6 Å². The summed E-state index contributed by atoms with van der Waals surface area (Å²) in [5.41, 5.74) is 2.21. The zero-order chi connectivity index (χ0) is 20.4. The molecule has 0 amide bonds. The second-order valence-corrected chi connectivity index (χ2v) is 6.96. The molecule has 0 saturated carbocycles. The van der Waals surface area contributed by atoms with Gasteiger partial charge in [0.25, 0.3) is 0 Å². The predicted molar refractivity (Wildman–Crippen MR) is 105 cm³/mol. The lowest BCUT2D eigenvalue weighted by atomic mass is 10.00. The quantitative estimate of drug-likeness (QED) is 0.643. The fraction of sp³-hybridized carbons (Fsp3) is 0.250. The molecule has 0 saturated heterocycles. The Morgan fingerprint density at radius 3 is 2.79 bits per heavy atom. The van der Waals surface area contributed by atoms with Crippen molar-refractivity contribution >= 4 is 17.3 Å². The van der Waals surface area contributed by atoms with E-state index in [1.165, 1.54) is 6.07 Å². The second kappa shape index (κ2) is 8.38. The van der Waals surface area contributed by atoms with E-state index in [1.807, 2.05) is 0 Å². The maximum Gasteiger partial charge on any atom is 0.163 e. The van der Waals surface area contributed by atoms with Crippen LogP contribution in [-0.2, 0) is 17.9 Å². The summed E-state index contributed by atoms with van der Waals surface area (Å²) in [6.07, 6.45) is -0.969.